The monoisotopic (exact) mass is 281 g/mol. The van der Waals surface area contributed by atoms with Crippen molar-refractivity contribution in [1.29, 1.82) is 0 Å². The third kappa shape index (κ3) is 3.38. The van der Waals surface area contributed by atoms with Gasteiger partial charge in [0.05, 0.1) is 0 Å². The van der Waals surface area contributed by atoms with E-state index < -0.39 is 0 Å². The summed E-state index contributed by atoms with van der Waals surface area (Å²) in [4.78, 5) is 0. The Hall–Kier alpha value is -0.760. The van der Waals surface area contributed by atoms with Gasteiger partial charge in [-0.1, -0.05) is 40.6 Å². The van der Waals surface area contributed by atoms with Crippen LogP contribution in [0, 0.1) is 13.8 Å². The van der Waals surface area contributed by atoms with Crippen molar-refractivity contribution < 1.29 is 0 Å². The number of alkyl halides is 1. The summed E-state index contributed by atoms with van der Waals surface area (Å²) in [5, 5.41) is 0.948. The van der Waals surface area contributed by atoms with Crippen LogP contribution in [0.5, 0.6) is 0 Å². The van der Waals surface area contributed by atoms with Gasteiger partial charge in [0.25, 0.3) is 0 Å². The number of anilines is 1. The first kappa shape index (κ1) is 13.3. The van der Waals surface area contributed by atoms with E-state index in [0.717, 1.165) is 23.9 Å². The first-order valence-corrected chi connectivity index (χ1v) is 6.80. The molecule has 2 heteroatoms. The lowest BCUT2D eigenvalue weighted by atomic mass is 9.98. The fourth-order valence-corrected chi connectivity index (χ4v) is 2.22. The smallest absolute Gasteiger partial charge is 0.0346 e. The van der Waals surface area contributed by atoms with Crippen molar-refractivity contribution in [2.24, 2.45) is 0 Å². The van der Waals surface area contributed by atoms with E-state index in [0.29, 0.717) is 0 Å². The highest BCUT2D eigenvalue weighted by molar-refractivity contribution is 9.09. The molecule has 0 saturated heterocycles. The molecule has 0 bridgehead atoms. The minimum atomic E-state index is 0.890. The van der Waals surface area contributed by atoms with E-state index in [2.05, 4.69) is 54.9 Å². The lowest BCUT2D eigenvalue weighted by molar-refractivity contribution is 1.08. The van der Waals surface area contributed by atoms with E-state index in [1.54, 1.807) is 0 Å². The van der Waals surface area contributed by atoms with Gasteiger partial charge in [-0.15, -0.1) is 0 Å². The quantitative estimate of drug-likeness (QED) is 0.501. The van der Waals surface area contributed by atoms with Crippen LogP contribution in [0.2, 0.25) is 0 Å². The van der Waals surface area contributed by atoms with Gasteiger partial charge in [-0.2, -0.15) is 0 Å². The molecule has 16 heavy (non-hydrogen) atoms. The Bertz CT molecular complexity index is 394. The highest BCUT2D eigenvalue weighted by Gasteiger charge is 2.04. The summed E-state index contributed by atoms with van der Waals surface area (Å²) in [6.07, 6.45) is 4.40. The molecular formula is C14H20BrN. The van der Waals surface area contributed by atoms with Crippen LogP contribution in [-0.4, -0.2) is 5.33 Å². The van der Waals surface area contributed by atoms with Crippen LogP contribution in [0.1, 0.15) is 30.0 Å². The van der Waals surface area contributed by atoms with Crippen molar-refractivity contribution in [3.05, 3.63) is 40.5 Å². The largest absolute Gasteiger partial charge is 0.399 e. The van der Waals surface area contributed by atoms with Gasteiger partial charge in [0.15, 0.2) is 0 Å². The van der Waals surface area contributed by atoms with E-state index in [9.17, 15) is 0 Å². The van der Waals surface area contributed by atoms with Crippen LogP contribution in [0.4, 0.5) is 5.69 Å². The second-order valence-corrected chi connectivity index (χ2v) is 4.78. The number of hydrogen-bond donors (Lipinski definition) is 1. The van der Waals surface area contributed by atoms with E-state index in [-0.39, 0.29) is 0 Å². The lowest BCUT2D eigenvalue weighted by Crippen LogP contribution is -1.99. The predicted octanol–water partition coefficient (Wildman–Crippen LogP) is 4.16. The Kier molecular flexibility index (Phi) is 5.07. The molecule has 2 N–H and O–H groups in total. The first-order valence-electron chi connectivity index (χ1n) is 5.68. The Balaban J connectivity index is 2.97. The Labute approximate surface area is 107 Å². The van der Waals surface area contributed by atoms with Crippen LogP contribution < -0.4 is 5.73 Å². The van der Waals surface area contributed by atoms with Gasteiger partial charge in [0, 0.05) is 11.0 Å². The number of halogens is 1. The molecule has 0 unspecified atom stereocenters. The third-order valence-electron chi connectivity index (χ3n) is 2.81. The molecule has 0 aromatic heterocycles. The van der Waals surface area contributed by atoms with E-state index in [1.807, 2.05) is 0 Å². The summed E-state index contributed by atoms with van der Waals surface area (Å²) < 4.78 is 0. The summed E-state index contributed by atoms with van der Waals surface area (Å²) >= 11 is 3.54. The van der Waals surface area contributed by atoms with Crippen LogP contribution in [0.15, 0.2) is 23.8 Å². The summed E-state index contributed by atoms with van der Waals surface area (Å²) in [5.41, 5.74) is 12.1. The average Bonchev–Trinajstić information content (AvgIpc) is 2.25. The standard InChI is InChI=1S/C14H20BrN/c1-4-5-12(9-15)8-13-6-11(3)14(16)7-10(13)2/h5-7H,4,8-9,16H2,1-3H3. The molecule has 0 spiro atoms. The van der Waals surface area contributed by atoms with Gasteiger partial charge >= 0.3 is 0 Å². The number of nitrogens with two attached hydrogens (primary N) is 1. The highest BCUT2D eigenvalue weighted by atomic mass is 79.9. The summed E-state index contributed by atoms with van der Waals surface area (Å²) in [5.74, 6) is 0. The van der Waals surface area contributed by atoms with Crippen LogP contribution in [-0.2, 0) is 6.42 Å². The second-order valence-electron chi connectivity index (χ2n) is 4.22. The molecule has 0 atom stereocenters. The average molecular weight is 282 g/mol. The zero-order valence-corrected chi connectivity index (χ0v) is 11.9. The molecule has 0 radical (unpaired) electrons. The van der Waals surface area contributed by atoms with Gasteiger partial charge < -0.3 is 5.73 Å². The third-order valence-corrected chi connectivity index (χ3v) is 3.53. The normalized spacial score (nSPS) is 11.9. The van der Waals surface area contributed by atoms with Gasteiger partial charge in [0.2, 0.25) is 0 Å². The van der Waals surface area contributed by atoms with Crippen LogP contribution >= 0.6 is 15.9 Å². The summed E-state index contributed by atoms with van der Waals surface area (Å²) in [6, 6.07) is 4.28. The molecule has 0 saturated carbocycles. The molecule has 0 aliphatic rings. The first-order chi connectivity index (χ1) is 7.58. The molecule has 0 amide bonds. The fourth-order valence-electron chi connectivity index (χ4n) is 1.80. The lowest BCUT2D eigenvalue weighted by Gasteiger charge is -2.11. The van der Waals surface area contributed by atoms with Gasteiger partial charge in [-0.05, 0) is 49.4 Å². The Morgan fingerprint density at radius 2 is 2.00 bits per heavy atom. The molecule has 0 aliphatic heterocycles. The topological polar surface area (TPSA) is 26.0 Å². The number of benzene rings is 1. The fraction of sp³-hybridized carbons (Fsp3) is 0.429. The van der Waals surface area contributed by atoms with Crippen LogP contribution in [0.25, 0.3) is 0 Å². The minimum absolute atomic E-state index is 0.890. The predicted molar refractivity (Wildman–Crippen MR) is 76.2 cm³/mol. The molecular weight excluding hydrogens is 262 g/mol. The molecule has 0 heterocycles. The van der Waals surface area contributed by atoms with Gasteiger partial charge in [0.1, 0.15) is 0 Å². The number of aryl methyl sites for hydroxylation is 2. The maximum atomic E-state index is 5.89. The zero-order chi connectivity index (χ0) is 12.1. The molecule has 0 fully saturated rings. The Morgan fingerprint density at radius 1 is 1.31 bits per heavy atom. The van der Waals surface area contributed by atoms with Crippen molar-refractivity contribution in [1.82, 2.24) is 0 Å². The van der Waals surface area contributed by atoms with E-state index >= 15 is 0 Å². The molecule has 1 aromatic rings. The van der Waals surface area contributed by atoms with Crippen molar-refractivity contribution >= 4 is 21.6 Å². The van der Waals surface area contributed by atoms with Crippen molar-refractivity contribution in [3.63, 3.8) is 0 Å². The number of hydrogen-bond acceptors (Lipinski definition) is 1. The highest BCUT2D eigenvalue weighted by Crippen LogP contribution is 2.21. The van der Waals surface area contributed by atoms with Crippen LogP contribution in [0.3, 0.4) is 0 Å². The molecule has 1 rings (SSSR count). The molecule has 1 nitrogen and oxygen atoms in total. The van der Waals surface area contributed by atoms with E-state index in [4.69, 9.17) is 5.73 Å². The van der Waals surface area contributed by atoms with Gasteiger partial charge in [-0.25, -0.2) is 0 Å². The minimum Gasteiger partial charge on any atom is -0.399 e. The SMILES string of the molecule is CCC=C(CBr)Cc1cc(C)c(N)cc1C. The number of allylic oxidation sites excluding steroid dienone is 2. The number of nitrogen functional groups attached to an aromatic ring is 1. The molecule has 88 valence electrons. The second kappa shape index (κ2) is 6.09. The maximum absolute atomic E-state index is 5.89. The maximum Gasteiger partial charge on any atom is 0.0346 e. The summed E-state index contributed by atoms with van der Waals surface area (Å²) in [6.45, 7) is 6.36. The molecule has 1 aromatic carbocycles. The van der Waals surface area contributed by atoms with Crippen molar-refractivity contribution in [2.45, 2.75) is 33.6 Å². The summed E-state index contributed by atoms with van der Waals surface area (Å²) in [7, 11) is 0. The van der Waals surface area contributed by atoms with Crippen molar-refractivity contribution in [2.75, 3.05) is 11.1 Å². The van der Waals surface area contributed by atoms with Crippen molar-refractivity contribution in [3.8, 4) is 0 Å². The molecule has 0 aliphatic carbocycles. The number of rotatable bonds is 4. The Morgan fingerprint density at radius 3 is 2.56 bits per heavy atom. The van der Waals surface area contributed by atoms with Gasteiger partial charge in [-0.3, -0.25) is 0 Å². The van der Waals surface area contributed by atoms with E-state index in [1.165, 1.54) is 22.3 Å². The zero-order valence-electron chi connectivity index (χ0n) is 10.3.